The Hall–Kier alpha value is -4.23. The first-order chi connectivity index (χ1) is 17.8. The lowest BCUT2D eigenvalue weighted by Gasteiger charge is -2.27. The van der Waals surface area contributed by atoms with Crippen LogP contribution in [0, 0.1) is 25.6 Å². The summed E-state index contributed by atoms with van der Waals surface area (Å²) >= 11 is 0. The maximum atomic E-state index is 14.6. The van der Waals surface area contributed by atoms with Crippen LogP contribution in [0.5, 0.6) is 5.75 Å². The molecular weight excluding hydrogens is 512 g/mol. The largest absolute Gasteiger partial charge is 0.573 e. The molecule has 3 aromatic rings. The number of nitrogens with one attached hydrogen (secondary N) is 1. The zero-order valence-electron chi connectivity index (χ0n) is 20.2. The summed E-state index contributed by atoms with van der Waals surface area (Å²) in [6.07, 6.45) is -4.11. The number of carbonyl (C=O) groups is 3. The van der Waals surface area contributed by atoms with Crippen LogP contribution >= 0.6 is 0 Å². The number of aryl methyl sites for hydroxylation is 2. The van der Waals surface area contributed by atoms with Gasteiger partial charge in [0.2, 0.25) is 11.8 Å². The van der Waals surface area contributed by atoms with Gasteiger partial charge in [-0.3, -0.25) is 24.0 Å². The second-order valence-corrected chi connectivity index (χ2v) is 9.39. The molecule has 3 N–H and O–H groups in total. The highest BCUT2D eigenvalue weighted by Gasteiger charge is 2.56. The Morgan fingerprint density at radius 1 is 1.21 bits per heavy atom. The first-order valence-electron chi connectivity index (χ1n) is 11.6. The van der Waals surface area contributed by atoms with Crippen molar-refractivity contribution in [2.75, 3.05) is 5.32 Å². The fourth-order valence-corrected chi connectivity index (χ4v) is 5.14. The van der Waals surface area contributed by atoms with E-state index in [-0.39, 0.29) is 24.2 Å². The van der Waals surface area contributed by atoms with Crippen molar-refractivity contribution in [1.29, 1.82) is 0 Å². The number of fused-ring (bicyclic) bond motifs is 2. The van der Waals surface area contributed by atoms with Gasteiger partial charge in [-0.25, -0.2) is 4.39 Å². The van der Waals surface area contributed by atoms with E-state index >= 15 is 0 Å². The van der Waals surface area contributed by atoms with Gasteiger partial charge in [-0.15, -0.1) is 13.2 Å². The Morgan fingerprint density at radius 2 is 1.95 bits per heavy atom. The SMILES string of the molecule is Cc1cc2c(C(N)=O)nn(CC(=O)N3[C@@H]4C[C@@H]4C[C@H]3C(=O)Nc3cccc(OC(F)(F)F)c3F)c2c(C)n1. The van der Waals surface area contributed by atoms with Crippen LogP contribution in [0.15, 0.2) is 24.3 Å². The average molecular weight is 534 g/mol. The van der Waals surface area contributed by atoms with Crippen LogP contribution in [0.4, 0.5) is 23.2 Å². The molecule has 2 aliphatic rings. The molecule has 14 heteroatoms. The van der Waals surface area contributed by atoms with E-state index in [0.717, 1.165) is 18.2 Å². The van der Waals surface area contributed by atoms with Crippen LogP contribution < -0.4 is 15.8 Å². The number of primary amides is 1. The minimum Gasteiger partial charge on any atom is -0.403 e. The molecule has 3 atom stereocenters. The molecule has 5 rings (SSSR count). The van der Waals surface area contributed by atoms with Crippen molar-refractivity contribution in [3.8, 4) is 5.75 Å². The van der Waals surface area contributed by atoms with E-state index < -0.39 is 47.4 Å². The maximum absolute atomic E-state index is 14.6. The van der Waals surface area contributed by atoms with Crippen molar-refractivity contribution >= 4 is 34.3 Å². The molecule has 200 valence electrons. The molecule has 10 nitrogen and oxygen atoms in total. The third-order valence-corrected chi connectivity index (χ3v) is 6.69. The molecule has 38 heavy (non-hydrogen) atoms. The summed E-state index contributed by atoms with van der Waals surface area (Å²) < 4.78 is 57.2. The second kappa shape index (κ2) is 8.96. The van der Waals surface area contributed by atoms with Gasteiger partial charge in [0.25, 0.3) is 5.91 Å². The number of hydrogen-bond acceptors (Lipinski definition) is 6. The van der Waals surface area contributed by atoms with Crippen molar-refractivity contribution in [3.05, 3.63) is 47.2 Å². The maximum Gasteiger partial charge on any atom is 0.573 e. The minimum atomic E-state index is -5.11. The number of amides is 3. The molecule has 1 aliphatic heterocycles. The molecule has 3 amide bonds. The number of benzene rings is 1. The summed E-state index contributed by atoms with van der Waals surface area (Å²) in [7, 11) is 0. The fourth-order valence-electron chi connectivity index (χ4n) is 5.14. The second-order valence-electron chi connectivity index (χ2n) is 9.39. The molecule has 0 bridgehead atoms. The van der Waals surface area contributed by atoms with Crippen molar-refractivity contribution in [2.24, 2.45) is 11.7 Å². The van der Waals surface area contributed by atoms with E-state index in [2.05, 4.69) is 20.1 Å². The number of ether oxygens (including phenoxy) is 1. The lowest BCUT2D eigenvalue weighted by molar-refractivity contribution is -0.275. The molecule has 0 unspecified atom stereocenters. The van der Waals surface area contributed by atoms with Gasteiger partial charge in [-0.1, -0.05) is 6.07 Å². The third kappa shape index (κ3) is 4.61. The summed E-state index contributed by atoms with van der Waals surface area (Å²) in [5, 5.41) is 6.96. The Morgan fingerprint density at radius 3 is 2.63 bits per heavy atom. The molecule has 1 aliphatic carbocycles. The summed E-state index contributed by atoms with van der Waals surface area (Å²) in [5.41, 5.74) is 6.58. The zero-order valence-corrected chi connectivity index (χ0v) is 20.2. The van der Waals surface area contributed by atoms with E-state index in [1.807, 2.05) is 0 Å². The van der Waals surface area contributed by atoms with Gasteiger partial charge >= 0.3 is 6.36 Å². The molecule has 0 spiro atoms. The van der Waals surface area contributed by atoms with E-state index in [1.165, 1.54) is 9.58 Å². The summed E-state index contributed by atoms with van der Waals surface area (Å²) in [5.74, 6) is -4.39. The molecule has 2 aromatic heterocycles. The number of nitrogens with two attached hydrogens (primary N) is 1. The van der Waals surface area contributed by atoms with Gasteiger partial charge in [0.1, 0.15) is 12.6 Å². The zero-order chi connectivity index (χ0) is 27.5. The van der Waals surface area contributed by atoms with Crippen LogP contribution in [0.1, 0.15) is 34.7 Å². The number of nitrogens with zero attached hydrogens (tertiary/aromatic N) is 4. The Labute approximate surface area is 212 Å². The number of piperidine rings is 1. The van der Waals surface area contributed by atoms with Crippen LogP contribution in [0.25, 0.3) is 10.9 Å². The average Bonchev–Trinajstić information content (AvgIpc) is 3.30. The molecule has 2 fully saturated rings. The number of halogens is 4. The highest BCUT2D eigenvalue weighted by Crippen LogP contribution is 2.48. The topological polar surface area (TPSA) is 132 Å². The first kappa shape index (κ1) is 25.4. The van der Waals surface area contributed by atoms with Gasteiger partial charge in [0.05, 0.1) is 16.9 Å². The number of aromatic nitrogens is 3. The summed E-state index contributed by atoms with van der Waals surface area (Å²) in [6, 6.07) is 3.44. The summed E-state index contributed by atoms with van der Waals surface area (Å²) in [4.78, 5) is 44.2. The highest BCUT2D eigenvalue weighted by molar-refractivity contribution is 6.05. The van der Waals surface area contributed by atoms with Crippen molar-refractivity contribution < 1.29 is 36.7 Å². The van der Waals surface area contributed by atoms with Gasteiger partial charge in [-0.2, -0.15) is 5.10 Å². The van der Waals surface area contributed by atoms with Crippen LogP contribution in [0.2, 0.25) is 0 Å². The Bertz CT molecular complexity index is 1490. The predicted molar refractivity (Wildman–Crippen MR) is 124 cm³/mol. The normalized spacial score (nSPS) is 20.4. The van der Waals surface area contributed by atoms with Crippen molar-refractivity contribution in [1.82, 2.24) is 19.7 Å². The smallest absolute Gasteiger partial charge is 0.403 e. The van der Waals surface area contributed by atoms with Gasteiger partial charge in [0.15, 0.2) is 17.3 Å². The Balaban J connectivity index is 1.38. The number of alkyl halides is 3. The van der Waals surface area contributed by atoms with Crippen LogP contribution in [0.3, 0.4) is 0 Å². The number of likely N-dealkylation sites (tertiary alicyclic amines) is 1. The molecule has 1 saturated heterocycles. The number of rotatable bonds is 6. The standard InChI is InChI=1S/C24H22F4N6O4/c1-10-6-13-20(22(29)36)32-33(21(13)11(2)30-10)9-18(35)34-15-7-12(15)8-16(34)23(37)31-14-4-3-5-17(19(14)25)38-24(26,27)28/h3-6,12,15-16H,7-9H2,1-2H3,(H2,29,36)(H,31,37)/t12-,15-,16+/m1/s1. The third-order valence-electron chi connectivity index (χ3n) is 6.69. The number of hydrogen-bond donors (Lipinski definition) is 2. The molecule has 1 aromatic carbocycles. The van der Waals surface area contributed by atoms with Gasteiger partial charge < -0.3 is 20.7 Å². The van der Waals surface area contributed by atoms with Gasteiger partial charge in [0, 0.05) is 17.1 Å². The quantitative estimate of drug-likeness (QED) is 0.468. The number of anilines is 1. The lowest BCUT2D eigenvalue weighted by atomic mass is 10.1. The fraction of sp³-hybridized carbons (Fsp3) is 0.375. The van der Waals surface area contributed by atoms with Crippen LogP contribution in [-0.2, 0) is 16.1 Å². The van der Waals surface area contributed by atoms with Crippen molar-refractivity contribution in [3.63, 3.8) is 0 Å². The molecule has 3 heterocycles. The van der Waals surface area contributed by atoms with Crippen molar-refractivity contribution in [2.45, 2.75) is 51.7 Å². The highest BCUT2D eigenvalue weighted by atomic mass is 19.4. The first-order valence-corrected chi connectivity index (χ1v) is 11.6. The monoisotopic (exact) mass is 534 g/mol. The summed E-state index contributed by atoms with van der Waals surface area (Å²) in [6.45, 7) is 3.14. The Kier molecular flexibility index (Phi) is 5.99. The molecule has 0 radical (unpaired) electrons. The van der Waals surface area contributed by atoms with E-state index in [9.17, 15) is 31.9 Å². The predicted octanol–water partition coefficient (Wildman–Crippen LogP) is 2.81. The van der Waals surface area contributed by atoms with E-state index in [0.29, 0.717) is 35.1 Å². The molecular formula is C24H22F4N6O4. The number of pyridine rings is 1. The lowest BCUT2D eigenvalue weighted by Crippen LogP contribution is -2.46. The van der Waals surface area contributed by atoms with E-state index in [4.69, 9.17) is 5.73 Å². The van der Waals surface area contributed by atoms with E-state index in [1.54, 1.807) is 19.9 Å². The number of carbonyl (C=O) groups excluding carboxylic acids is 3. The van der Waals surface area contributed by atoms with Gasteiger partial charge in [-0.05, 0) is 50.8 Å². The van der Waals surface area contributed by atoms with Crippen LogP contribution in [-0.4, -0.2) is 55.8 Å². The molecule has 1 saturated carbocycles. The minimum absolute atomic E-state index is 0.0159.